The van der Waals surface area contributed by atoms with E-state index in [0.717, 1.165) is 24.9 Å². The Labute approximate surface area is 127 Å². The maximum atomic E-state index is 13.4. The molecule has 2 aromatic rings. The number of rotatable bonds is 6. The van der Waals surface area contributed by atoms with E-state index in [9.17, 15) is 4.39 Å². The van der Waals surface area contributed by atoms with Crippen LogP contribution >= 0.6 is 0 Å². The van der Waals surface area contributed by atoms with Crippen molar-refractivity contribution in [1.82, 2.24) is 5.32 Å². The van der Waals surface area contributed by atoms with Crippen LogP contribution in [0.5, 0.6) is 0 Å². The molecule has 0 aliphatic heterocycles. The summed E-state index contributed by atoms with van der Waals surface area (Å²) in [5.74, 6) is -0.165. The third-order valence-corrected chi connectivity index (χ3v) is 3.90. The molecule has 0 amide bonds. The minimum atomic E-state index is -0.165. The van der Waals surface area contributed by atoms with Crippen LogP contribution in [-0.4, -0.2) is 6.54 Å². The van der Waals surface area contributed by atoms with E-state index < -0.39 is 0 Å². The lowest BCUT2D eigenvalue weighted by molar-refractivity contribution is 0.527. The number of aryl methyl sites for hydroxylation is 2. The van der Waals surface area contributed by atoms with Gasteiger partial charge in [0.25, 0.3) is 0 Å². The highest BCUT2D eigenvalue weighted by Crippen LogP contribution is 2.21. The lowest BCUT2D eigenvalue weighted by atomic mass is 9.96. The van der Waals surface area contributed by atoms with Crippen LogP contribution in [0.3, 0.4) is 0 Å². The number of hydrogen-bond donors (Lipinski definition) is 1. The Kier molecular flexibility index (Phi) is 5.51. The van der Waals surface area contributed by atoms with Gasteiger partial charge in [-0.2, -0.15) is 0 Å². The molecule has 0 aliphatic carbocycles. The van der Waals surface area contributed by atoms with Gasteiger partial charge in [-0.15, -0.1) is 0 Å². The van der Waals surface area contributed by atoms with Crippen molar-refractivity contribution in [3.05, 3.63) is 70.5 Å². The van der Waals surface area contributed by atoms with Crippen LogP contribution in [0.2, 0.25) is 0 Å². The van der Waals surface area contributed by atoms with Crippen LogP contribution in [0, 0.1) is 19.7 Å². The SMILES string of the molecule is CCCNC(Cc1cccc(F)c1)c1ccc(C)c(C)c1. The quantitative estimate of drug-likeness (QED) is 0.809. The second-order valence-electron chi connectivity index (χ2n) is 5.68. The van der Waals surface area contributed by atoms with E-state index >= 15 is 0 Å². The lowest BCUT2D eigenvalue weighted by Crippen LogP contribution is -2.24. The van der Waals surface area contributed by atoms with Crippen molar-refractivity contribution in [2.75, 3.05) is 6.54 Å². The molecule has 2 heteroatoms. The van der Waals surface area contributed by atoms with Crippen molar-refractivity contribution < 1.29 is 4.39 Å². The maximum Gasteiger partial charge on any atom is 0.123 e. The van der Waals surface area contributed by atoms with Gasteiger partial charge in [0.1, 0.15) is 5.82 Å². The summed E-state index contributed by atoms with van der Waals surface area (Å²) in [7, 11) is 0. The lowest BCUT2D eigenvalue weighted by Gasteiger charge is -2.20. The summed E-state index contributed by atoms with van der Waals surface area (Å²) in [4.78, 5) is 0. The minimum Gasteiger partial charge on any atom is -0.310 e. The molecule has 0 saturated heterocycles. The van der Waals surface area contributed by atoms with Gasteiger partial charge in [-0.25, -0.2) is 4.39 Å². The molecular formula is C19H24FN. The zero-order valence-corrected chi connectivity index (χ0v) is 13.1. The van der Waals surface area contributed by atoms with Gasteiger partial charge >= 0.3 is 0 Å². The molecule has 0 saturated carbocycles. The normalized spacial score (nSPS) is 12.4. The fourth-order valence-corrected chi connectivity index (χ4v) is 2.51. The number of halogens is 1. The van der Waals surface area contributed by atoms with Gasteiger partial charge < -0.3 is 5.32 Å². The molecule has 1 atom stereocenters. The summed E-state index contributed by atoms with van der Waals surface area (Å²) < 4.78 is 13.4. The van der Waals surface area contributed by atoms with Crippen LogP contribution < -0.4 is 5.32 Å². The molecule has 0 bridgehead atoms. The molecule has 1 unspecified atom stereocenters. The molecule has 2 rings (SSSR count). The van der Waals surface area contributed by atoms with Gasteiger partial charge in [0.2, 0.25) is 0 Å². The predicted octanol–water partition coefficient (Wildman–Crippen LogP) is 4.73. The van der Waals surface area contributed by atoms with Crippen molar-refractivity contribution in [3.63, 3.8) is 0 Å². The second kappa shape index (κ2) is 7.37. The Balaban J connectivity index is 2.22. The summed E-state index contributed by atoms with van der Waals surface area (Å²) in [5.41, 5.74) is 4.91. The Morgan fingerprint density at radius 2 is 1.86 bits per heavy atom. The van der Waals surface area contributed by atoms with Crippen molar-refractivity contribution >= 4 is 0 Å². The maximum absolute atomic E-state index is 13.4. The highest BCUT2D eigenvalue weighted by molar-refractivity contribution is 5.33. The molecular weight excluding hydrogens is 261 g/mol. The third-order valence-electron chi connectivity index (χ3n) is 3.90. The first kappa shape index (κ1) is 15.7. The molecule has 21 heavy (non-hydrogen) atoms. The summed E-state index contributed by atoms with van der Waals surface area (Å²) in [6, 6.07) is 13.7. The van der Waals surface area contributed by atoms with Crippen molar-refractivity contribution in [1.29, 1.82) is 0 Å². The van der Waals surface area contributed by atoms with Crippen LogP contribution in [0.1, 0.15) is 41.6 Å². The van der Waals surface area contributed by atoms with Crippen LogP contribution in [-0.2, 0) is 6.42 Å². The number of benzene rings is 2. The first-order chi connectivity index (χ1) is 10.1. The third kappa shape index (κ3) is 4.40. The molecule has 0 radical (unpaired) electrons. The fourth-order valence-electron chi connectivity index (χ4n) is 2.51. The van der Waals surface area contributed by atoms with Crippen LogP contribution in [0.4, 0.5) is 4.39 Å². The van der Waals surface area contributed by atoms with Gasteiger partial charge in [0.05, 0.1) is 0 Å². The highest BCUT2D eigenvalue weighted by Gasteiger charge is 2.12. The number of nitrogens with one attached hydrogen (secondary N) is 1. The van der Waals surface area contributed by atoms with E-state index in [1.165, 1.54) is 22.8 Å². The Morgan fingerprint density at radius 1 is 1.05 bits per heavy atom. The smallest absolute Gasteiger partial charge is 0.123 e. The van der Waals surface area contributed by atoms with E-state index in [1.54, 1.807) is 12.1 Å². The minimum absolute atomic E-state index is 0.165. The molecule has 0 spiro atoms. The van der Waals surface area contributed by atoms with Gasteiger partial charge in [-0.1, -0.05) is 37.3 Å². The standard InChI is InChI=1S/C19H24FN/c1-4-10-21-19(13-16-6-5-7-18(20)12-16)17-9-8-14(2)15(3)11-17/h5-9,11-12,19,21H,4,10,13H2,1-3H3. The second-order valence-corrected chi connectivity index (χ2v) is 5.68. The molecule has 2 aromatic carbocycles. The molecule has 1 nitrogen and oxygen atoms in total. The zero-order chi connectivity index (χ0) is 15.2. The summed E-state index contributed by atoms with van der Waals surface area (Å²) >= 11 is 0. The van der Waals surface area contributed by atoms with Crippen LogP contribution in [0.25, 0.3) is 0 Å². The Bertz CT molecular complexity index is 592. The molecule has 1 N–H and O–H groups in total. The average molecular weight is 285 g/mol. The summed E-state index contributed by atoms with van der Waals surface area (Å²) in [5, 5.41) is 3.58. The molecule has 0 heterocycles. The zero-order valence-electron chi connectivity index (χ0n) is 13.1. The van der Waals surface area contributed by atoms with Crippen molar-refractivity contribution in [3.8, 4) is 0 Å². The Morgan fingerprint density at radius 3 is 2.52 bits per heavy atom. The van der Waals surface area contributed by atoms with Crippen molar-refractivity contribution in [2.24, 2.45) is 0 Å². The Hall–Kier alpha value is -1.67. The molecule has 0 fully saturated rings. The number of hydrogen-bond acceptors (Lipinski definition) is 1. The topological polar surface area (TPSA) is 12.0 Å². The predicted molar refractivity (Wildman–Crippen MR) is 87.1 cm³/mol. The van der Waals surface area contributed by atoms with Gasteiger partial charge in [0, 0.05) is 6.04 Å². The highest BCUT2D eigenvalue weighted by atomic mass is 19.1. The molecule has 0 aliphatic rings. The first-order valence-electron chi connectivity index (χ1n) is 7.65. The van der Waals surface area contributed by atoms with E-state index in [0.29, 0.717) is 0 Å². The molecule has 112 valence electrons. The van der Waals surface area contributed by atoms with E-state index in [4.69, 9.17) is 0 Å². The summed E-state index contributed by atoms with van der Waals surface area (Å²) in [6.45, 7) is 7.39. The van der Waals surface area contributed by atoms with Gasteiger partial charge in [-0.3, -0.25) is 0 Å². The summed E-state index contributed by atoms with van der Waals surface area (Å²) in [6.07, 6.45) is 1.89. The largest absolute Gasteiger partial charge is 0.310 e. The van der Waals surface area contributed by atoms with Gasteiger partial charge in [0.15, 0.2) is 0 Å². The fraction of sp³-hybridized carbons (Fsp3) is 0.368. The monoisotopic (exact) mass is 285 g/mol. The van der Waals surface area contributed by atoms with E-state index in [1.807, 2.05) is 6.07 Å². The van der Waals surface area contributed by atoms with Crippen LogP contribution in [0.15, 0.2) is 42.5 Å². The van der Waals surface area contributed by atoms with E-state index in [2.05, 4.69) is 44.3 Å². The van der Waals surface area contributed by atoms with Crippen molar-refractivity contribution in [2.45, 2.75) is 39.7 Å². The van der Waals surface area contributed by atoms with Gasteiger partial charge in [-0.05, 0) is 67.6 Å². The van der Waals surface area contributed by atoms with E-state index in [-0.39, 0.29) is 11.9 Å². The molecule has 0 aromatic heterocycles. The average Bonchev–Trinajstić information content (AvgIpc) is 2.46. The first-order valence-corrected chi connectivity index (χ1v) is 7.65.